The zero-order valence-electron chi connectivity index (χ0n) is 14.8. The minimum atomic E-state index is -0.446. The van der Waals surface area contributed by atoms with Gasteiger partial charge in [0.05, 0.1) is 5.69 Å². The molecule has 0 saturated heterocycles. The highest BCUT2D eigenvalue weighted by molar-refractivity contribution is 6.30. The maximum atomic E-state index is 12.1. The number of phenolic OH excluding ortho intramolecular Hbond substituents is 1. The zero-order valence-corrected chi connectivity index (χ0v) is 15.5. The molecule has 5 rings (SSSR count). The van der Waals surface area contributed by atoms with Crippen LogP contribution in [0.4, 0.5) is 5.69 Å². The molecule has 2 heterocycles. The summed E-state index contributed by atoms with van der Waals surface area (Å²) in [5.41, 5.74) is 4.30. The highest BCUT2D eigenvalue weighted by Crippen LogP contribution is 2.48. The molecule has 1 aliphatic heterocycles. The van der Waals surface area contributed by atoms with E-state index in [0.717, 1.165) is 33.3 Å². The third-order valence-corrected chi connectivity index (χ3v) is 5.49. The van der Waals surface area contributed by atoms with Gasteiger partial charge in [0, 0.05) is 46.1 Å². The number of benzene rings is 3. The van der Waals surface area contributed by atoms with Gasteiger partial charge < -0.3 is 14.8 Å². The molecule has 1 unspecified atom stereocenters. The van der Waals surface area contributed by atoms with Gasteiger partial charge in [0.25, 0.3) is 0 Å². The van der Waals surface area contributed by atoms with Crippen LogP contribution in [0.1, 0.15) is 17.0 Å². The van der Waals surface area contributed by atoms with Crippen molar-refractivity contribution >= 4 is 28.3 Å². The molecule has 0 saturated carbocycles. The smallest absolute Gasteiger partial charge is 0.336 e. The van der Waals surface area contributed by atoms with E-state index < -0.39 is 5.63 Å². The number of fused-ring (bicyclic) bond motifs is 3. The van der Waals surface area contributed by atoms with Crippen molar-refractivity contribution < 1.29 is 9.52 Å². The van der Waals surface area contributed by atoms with E-state index in [1.54, 1.807) is 0 Å². The molecule has 3 aromatic carbocycles. The molecular weight excluding hydrogens is 374 g/mol. The Bertz CT molecular complexity index is 1250. The Morgan fingerprint density at radius 3 is 2.54 bits per heavy atom. The van der Waals surface area contributed by atoms with E-state index in [4.69, 9.17) is 16.0 Å². The molecule has 138 valence electrons. The normalized spacial score (nSPS) is 15.4. The molecule has 0 radical (unpaired) electrons. The minimum Gasteiger partial charge on any atom is -0.507 e. The molecule has 5 heteroatoms. The lowest BCUT2D eigenvalue weighted by molar-refractivity contribution is 0.466. The van der Waals surface area contributed by atoms with Gasteiger partial charge in [-0.15, -0.1) is 0 Å². The highest BCUT2D eigenvalue weighted by Gasteiger charge is 2.30. The van der Waals surface area contributed by atoms with Gasteiger partial charge in [0.15, 0.2) is 0 Å². The maximum Gasteiger partial charge on any atom is 0.336 e. The van der Waals surface area contributed by atoms with Crippen molar-refractivity contribution in [1.29, 1.82) is 0 Å². The number of hydrogen-bond donors (Lipinski definition) is 2. The first-order chi connectivity index (χ1) is 13.6. The number of hydrogen-bond acceptors (Lipinski definition) is 4. The van der Waals surface area contributed by atoms with E-state index >= 15 is 0 Å². The van der Waals surface area contributed by atoms with Gasteiger partial charge in [-0.3, -0.25) is 0 Å². The standard InChI is InChI=1S/C23H16ClNO3/c24-15-8-6-14(7-9-15)17-12-25-23-21(17)18(26)11-19-22(23)16(10-20(27)28-19)13-4-2-1-3-5-13/h1-11,17,25-26H,12H2. The summed E-state index contributed by atoms with van der Waals surface area (Å²) in [7, 11) is 0. The third kappa shape index (κ3) is 2.65. The lowest BCUT2D eigenvalue weighted by Crippen LogP contribution is -2.03. The number of rotatable bonds is 2. The van der Waals surface area contributed by atoms with Crippen molar-refractivity contribution in [2.75, 3.05) is 11.9 Å². The predicted octanol–water partition coefficient (Wildman–Crippen LogP) is 5.38. The fraction of sp³-hybridized carbons (Fsp3) is 0.0870. The summed E-state index contributed by atoms with van der Waals surface area (Å²) < 4.78 is 5.41. The average molecular weight is 390 g/mol. The number of nitrogens with one attached hydrogen (secondary N) is 1. The summed E-state index contributed by atoms with van der Waals surface area (Å²) in [5, 5.41) is 15.6. The average Bonchev–Trinajstić information content (AvgIpc) is 3.14. The molecule has 0 amide bonds. The summed E-state index contributed by atoms with van der Waals surface area (Å²) in [6, 6.07) is 20.4. The Balaban J connectivity index is 1.79. The zero-order chi connectivity index (χ0) is 19.3. The van der Waals surface area contributed by atoms with Gasteiger partial charge in [-0.05, 0) is 23.3 Å². The molecule has 0 bridgehead atoms. The Hall–Kier alpha value is -3.24. The highest BCUT2D eigenvalue weighted by atomic mass is 35.5. The van der Waals surface area contributed by atoms with Gasteiger partial charge in [-0.25, -0.2) is 4.79 Å². The van der Waals surface area contributed by atoms with E-state index in [1.807, 2.05) is 54.6 Å². The molecule has 1 aromatic heterocycles. The van der Waals surface area contributed by atoms with Crippen molar-refractivity contribution in [3.05, 3.63) is 93.3 Å². The lowest BCUT2D eigenvalue weighted by atomic mass is 9.90. The molecular formula is C23H16ClNO3. The first-order valence-corrected chi connectivity index (χ1v) is 9.38. The predicted molar refractivity (Wildman–Crippen MR) is 111 cm³/mol. The molecule has 0 aliphatic carbocycles. The molecule has 1 aliphatic rings. The van der Waals surface area contributed by atoms with E-state index in [2.05, 4.69) is 5.32 Å². The van der Waals surface area contributed by atoms with E-state index in [1.165, 1.54) is 12.1 Å². The minimum absolute atomic E-state index is 0.0211. The van der Waals surface area contributed by atoms with Crippen LogP contribution in [0.15, 0.2) is 75.9 Å². The molecule has 0 fully saturated rings. The Morgan fingerprint density at radius 1 is 1.04 bits per heavy atom. The lowest BCUT2D eigenvalue weighted by Gasteiger charge is -2.14. The number of aromatic hydroxyl groups is 1. The quantitative estimate of drug-likeness (QED) is 0.452. The van der Waals surface area contributed by atoms with Crippen molar-refractivity contribution in [3.8, 4) is 16.9 Å². The van der Waals surface area contributed by atoms with Crippen LogP contribution in [-0.4, -0.2) is 11.7 Å². The van der Waals surface area contributed by atoms with E-state index in [9.17, 15) is 9.90 Å². The van der Waals surface area contributed by atoms with Crippen molar-refractivity contribution in [1.82, 2.24) is 0 Å². The van der Waals surface area contributed by atoms with Gasteiger partial charge in [-0.2, -0.15) is 0 Å². The van der Waals surface area contributed by atoms with Gasteiger partial charge >= 0.3 is 5.63 Å². The molecule has 2 N–H and O–H groups in total. The Labute approximate surface area is 166 Å². The topological polar surface area (TPSA) is 62.5 Å². The summed E-state index contributed by atoms with van der Waals surface area (Å²) in [6.07, 6.45) is 0. The van der Waals surface area contributed by atoms with Gasteiger partial charge in [0.1, 0.15) is 11.3 Å². The summed E-state index contributed by atoms with van der Waals surface area (Å²) in [5.74, 6) is 0.0908. The van der Waals surface area contributed by atoms with Crippen LogP contribution in [0, 0.1) is 0 Å². The second kappa shape index (κ2) is 6.43. The molecule has 28 heavy (non-hydrogen) atoms. The maximum absolute atomic E-state index is 12.1. The third-order valence-electron chi connectivity index (χ3n) is 5.24. The summed E-state index contributed by atoms with van der Waals surface area (Å²) in [6.45, 7) is 0.636. The van der Waals surface area contributed by atoms with Crippen LogP contribution >= 0.6 is 11.6 Å². The van der Waals surface area contributed by atoms with E-state index in [0.29, 0.717) is 17.2 Å². The van der Waals surface area contributed by atoms with Crippen LogP contribution in [0.2, 0.25) is 5.02 Å². The van der Waals surface area contributed by atoms with Crippen molar-refractivity contribution in [3.63, 3.8) is 0 Å². The van der Waals surface area contributed by atoms with Crippen LogP contribution in [0.25, 0.3) is 22.1 Å². The molecule has 1 atom stereocenters. The first-order valence-electron chi connectivity index (χ1n) is 9.00. The second-order valence-electron chi connectivity index (χ2n) is 6.89. The van der Waals surface area contributed by atoms with Gasteiger partial charge in [0.2, 0.25) is 0 Å². The van der Waals surface area contributed by atoms with E-state index in [-0.39, 0.29) is 11.7 Å². The van der Waals surface area contributed by atoms with Crippen LogP contribution in [-0.2, 0) is 0 Å². The van der Waals surface area contributed by atoms with Crippen molar-refractivity contribution in [2.45, 2.75) is 5.92 Å². The largest absolute Gasteiger partial charge is 0.507 e. The first kappa shape index (κ1) is 16.9. The molecule has 4 nitrogen and oxygen atoms in total. The number of phenols is 1. The van der Waals surface area contributed by atoms with Crippen molar-refractivity contribution in [2.24, 2.45) is 0 Å². The summed E-state index contributed by atoms with van der Waals surface area (Å²) in [4.78, 5) is 12.1. The number of halogens is 1. The Kier molecular flexibility index (Phi) is 3.88. The fourth-order valence-electron chi connectivity index (χ4n) is 4.00. The van der Waals surface area contributed by atoms with Crippen LogP contribution in [0.5, 0.6) is 5.75 Å². The van der Waals surface area contributed by atoms with Gasteiger partial charge in [-0.1, -0.05) is 54.1 Å². The SMILES string of the molecule is O=c1cc(-c2ccccc2)c2c3c(c(O)cc2o1)C(c1ccc(Cl)cc1)CN3. The van der Waals surface area contributed by atoms with Crippen LogP contribution in [0.3, 0.4) is 0 Å². The van der Waals surface area contributed by atoms with Crippen LogP contribution < -0.4 is 10.9 Å². The number of anilines is 1. The summed E-state index contributed by atoms with van der Waals surface area (Å²) >= 11 is 6.02. The molecule has 0 spiro atoms. The fourth-order valence-corrected chi connectivity index (χ4v) is 4.13. The second-order valence-corrected chi connectivity index (χ2v) is 7.32. The molecule has 4 aromatic rings. The monoisotopic (exact) mass is 389 g/mol. The Morgan fingerprint density at radius 2 is 1.79 bits per heavy atom.